The number of methoxy groups -OCH3 is 1. The molecule has 1 aromatic carbocycles. The van der Waals surface area contributed by atoms with Crippen molar-refractivity contribution in [3.8, 4) is 5.75 Å². The molecule has 238 valence electrons. The van der Waals surface area contributed by atoms with Crippen LogP contribution in [0.15, 0.2) is 18.3 Å². The number of nitrogens with zero attached hydrogens (tertiary/aromatic N) is 6. The van der Waals surface area contributed by atoms with Crippen LogP contribution in [0.2, 0.25) is 0 Å². The molecule has 44 heavy (non-hydrogen) atoms. The number of amides is 2. The van der Waals surface area contributed by atoms with E-state index in [2.05, 4.69) is 44.3 Å². The first-order valence-electron chi connectivity index (χ1n) is 16.1. The van der Waals surface area contributed by atoms with Crippen molar-refractivity contribution in [1.29, 1.82) is 0 Å². The number of likely N-dealkylation sites (N-methyl/N-ethyl adjacent to an activating group) is 2. The van der Waals surface area contributed by atoms with Gasteiger partial charge in [0.25, 0.3) is 5.91 Å². The van der Waals surface area contributed by atoms with Crippen LogP contribution in [0, 0.1) is 0 Å². The predicted octanol–water partition coefficient (Wildman–Crippen LogP) is 2.65. The van der Waals surface area contributed by atoms with Crippen LogP contribution in [0.1, 0.15) is 54.9 Å². The second-order valence-electron chi connectivity index (χ2n) is 12.4. The second kappa shape index (κ2) is 13.3. The highest BCUT2D eigenvalue weighted by molar-refractivity contribution is 6.04. The molecule has 0 spiro atoms. The molecule has 2 amide bonds. The number of anilines is 4. The lowest BCUT2D eigenvalue weighted by Gasteiger charge is -2.43. The highest BCUT2D eigenvalue weighted by atomic mass is 16.5. The molecule has 3 aliphatic heterocycles. The van der Waals surface area contributed by atoms with Crippen molar-refractivity contribution in [2.45, 2.75) is 63.6 Å². The van der Waals surface area contributed by atoms with Crippen molar-refractivity contribution in [3.63, 3.8) is 0 Å². The highest BCUT2D eigenvalue weighted by Gasteiger charge is 2.41. The maximum Gasteiger partial charge on any atom is 0.251 e. The maximum absolute atomic E-state index is 13.3. The van der Waals surface area contributed by atoms with E-state index in [0.717, 1.165) is 74.7 Å². The first kappa shape index (κ1) is 30.5. The van der Waals surface area contributed by atoms with E-state index in [1.54, 1.807) is 25.3 Å². The van der Waals surface area contributed by atoms with Crippen LogP contribution in [0.4, 0.5) is 23.1 Å². The van der Waals surface area contributed by atoms with E-state index in [1.165, 1.54) is 12.8 Å². The zero-order valence-corrected chi connectivity index (χ0v) is 26.5. The van der Waals surface area contributed by atoms with Crippen LogP contribution in [-0.2, 0) is 16.0 Å². The van der Waals surface area contributed by atoms with Crippen LogP contribution >= 0.6 is 0 Å². The minimum atomic E-state index is -0.233. The first-order valence-corrected chi connectivity index (χ1v) is 16.1. The molecule has 6 rings (SSSR count). The Bertz CT molecular complexity index is 1360. The third-order valence-corrected chi connectivity index (χ3v) is 9.64. The molecule has 12 heteroatoms. The van der Waals surface area contributed by atoms with Crippen LogP contribution in [0.25, 0.3) is 0 Å². The number of hydrogen-bond acceptors (Lipinski definition) is 10. The molecular weight excluding hydrogens is 560 g/mol. The minimum absolute atomic E-state index is 0.0841. The molecule has 1 aromatic heterocycles. The van der Waals surface area contributed by atoms with E-state index >= 15 is 0 Å². The topological polar surface area (TPSA) is 115 Å². The Balaban J connectivity index is 1.18. The van der Waals surface area contributed by atoms with E-state index in [9.17, 15) is 9.59 Å². The van der Waals surface area contributed by atoms with Crippen molar-refractivity contribution in [2.24, 2.45) is 0 Å². The van der Waals surface area contributed by atoms with E-state index in [4.69, 9.17) is 14.5 Å². The summed E-state index contributed by atoms with van der Waals surface area (Å²) in [5.74, 6) is 1.85. The van der Waals surface area contributed by atoms with Crippen molar-refractivity contribution >= 4 is 35.0 Å². The van der Waals surface area contributed by atoms with Crippen LogP contribution in [0.5, 0.6) is 5.75 Å². The first-order chi connectivity index (χ1) is 21.4. The zero-order valence-electron chi connectivity index (χ0n) is 26.5. The van der Waals surface area contributed by atoms with Gasteiger partial charge in [0.15, 0.2) is 5.82 Å². The summed E-state index contributed by atoms with van der Waals surface area (Å²) in [5.41, 5.74) is 2.94. The van der Waals surface area contributed by atoms with Gasteiger partial charge in [0.1, 0.15) is 17.5 Å². The minimum Gasteiger partial charge on any atom is -0.491 e. The summed E-state index contributed by atoms with van der Waals surface area (Å²) in [7, 11) is 5.65. The van der Waals surface area contributed by atoms with Crippen LogP contribution in [-0.4, -0.2) is 117 Å². The van der Waals surface area contributed by atoms with Gasteiger partial charge in [-0.1, -0.05) is 19.8 Å². The Labute approximate surface area is 260 Å². The molecule has 12 nitrogen and oxygen atoms in total. The van der Waals surface area contributed by atoms with Crippen molar-refractivity contribution in [3.05, 3.63) is 29.5 Å². The van der Waals surface area contributed by atoms with Crippen molar-refractivity contribution in [2.75, 3.05) is 82.2 Å². The highest BCUT2D eigenvalue weighted by Crippen LogP contribution is 2.41. The summed E-state index contributed by atoms with van der Waals surface area (Å²) in [4.78, 5) is 44.8. The van der Waals surface area contributed by atoms with Crippen LogP contribution < -0.4 is 25.2 Å². The quantitative estimate of drug-likeness (QED) is 0.418. The van der Waals surface area contributed by atoms with Gasteiger partial charge in [0.05, 0.1) is 24.6 Å². The molecule has 4 heterocycles. The number of rotatable bonds is 10. The summed E-state index contributed by atoms with van der Waals surface area (Å²) in [6.45, 7) is 7.88. The number of fused-ring (bicyclic) bond motifs is 2. The van der Waals surface area contributed by atoms with Gasteiger partial charge in [-0.15, -0.1) is 0 Å². The number of carbonyl (C=O) groups is 2. The lowest BCUT2D eigenvalue weighted by atomic mass is 10.0. The van der Waals surface area contributed by atoms with Crippen LogP contribution in [0.3, 0.4) is 0 Å². The molecule has 2 aromatic rings. The fraction of sp³-hybridized carbons (Fsp3) is 0.625. The predicted molar refractivity (Wildman–Crippen MR) is 170 cm³/mol. The second-order valence-corrected chi connectivity index (χ2v) is 12.4. The summed E-state index contributed by atoms with van der Waals surface area (Å²) in [6, 6.07) is 3.77. The number of carbonyl (C=O) groups excluding carboxylic acids is 2. The molecule has 4 aliphatic rings. The van der Waals surface area contributed by atoms with E-state index in [0.29, 0.717) is 42.9 Å². The van der Waals surface area contributed by atoms with Gasteiger partial charge in [-0.3, -0.25) is 14.5 Å². The number of hydrogen-bond donors (Lipinski definition) is 2. The smallest absolute Gasteiger partial charge is 0.251 e. The molecular formula is C32H46N8O4. The largest absolute Gasteiger partial charge is 0.491 e. The Morgan fingerprint density at radius 2 is 1.93 bits per heavy atom. The Morgan fingerprint density at radius 1 is 1.16 bits per heavy atom. The molecule has 0 bridgehead atoms. The van der Waals surface area contributed by atoms with Gasteiger partial charge >= 0.3 is 0 Å². The van der Waals surface area contributed by atoms with Gasteiger partial charge < -0.3 is 34.8 Å². The number of benzene rings is 1. The summed E-state index contributed by atoms with van der Waals surface area (Å²) >= 11 is 0. The average molecular weight is 607 g/mol. The SMILES string of the molecule is CC[C@@H]1C(=O)N(C)c2cnc(Nc3ccc(C(=O)NC[C@@H](CN4CCN(C)CC4)OC)c4c3OCC4)nc2N1C1CCCC1. The third kappa shape index (κ3) is 6.07. The normalized spacial score (nSPS) is 21.6. The summed E-state index contributed by atoms with van der Waals surface area (Å²) < 4.78 is 11.7. The number of nitrogens with one attached hydrogen (secondary N) is 2. The molecule has 1 saturated heterocycles. The molecule has 1 saturated carbocycles. The molecule has 0 radical (unpaired) electrons. The fourth-order valence-corrected chi connectivity index (χ4v) is 7.01. The van der Waals surface area contributed by atoms with Gasteiger partial charge in [0, 0.05) is 77.0 Å². The summed E-state index contributed by atoms with van der Waals surface area (Å²) in [6.07, 6.45) is 7.47. The summed E-state index contributed by atoms with van der Waals surface area (Å²) in [5, 5.41) is 6.45. The van der Waals surface area contributed by atoms with Gasteiger partial charge in [0.2, 0.25) is 11.9 Å². The third-order valence-electron chi connectivity index (χ3n) is 9.64. The number of aromatic nitrogens is 2. The van der Waals surface area contributed by atoms with Gasteiger partial charge in [-0.2, -0.15) is 4.98 Å². The monoisotopic (exact) mass is 606 g/mol. The lowest BCUT2D eigenvalue weighted by Crippen LogP contribution is -2.55. The Hall–Kier alpha value is -3.48. The average Bonchev–Trinajstić information content (AvgIpc) is 3.75. The van der Waals surface area contributed by atoms with Crippen molar-refractivity contribution < 1.29 is 19.1 Å². The van der Waals surface area contributed by atoms with Gasteiger partial charge in [-0.25, -0.2) is 4.98 Å². The molecule has 0 unspecified atom stereocenters. The van der Waals surface area contributed by atoms with E-state index < -0.39 is 0 Å². The molecule has 2 fully saturated rings. The number of ether oxygens (including phenoxy) is 2. The molecule has 2 atom stereocenters. The molecule has 2 N–H and O–H groups in total. The Kier molecular flexibility index (Phi) is 9.20. The van der Waals surface area contributed by atoms with Gasteiger partial charge in [-0.05, 0) is 38.4 Å². The number of piperazine rings is 1. The zero-order chi connectivity index (χ0) is 30.8. The van der Waals surface area contributed by atoms with Crippen molar-refractivity contribution in [1.82, 2.24) is 25.1 Å². The van der Waals surface area contributed by atoms with E-state index in [1.807, 2.05) is 12.1 Å². The Morgan fingerprint density at radius 3 is 2.66 bits per heavy atom. The standard InChI is InChI=1S/C32H46N8O4/c1-5-26-31(42)38(3)27-19-34-32(36-29(27)40(26)21-8-6-7-9-21)35-25-11-10-24(23-12-17-44-28(23)25)30(41)33-18-22(43-4)20-39-15-13-37(2)14-16-39/h10-11,19,21-22,26H,5-9,12-18,20H2,1-4H3,(H,33,41)(H,34,35,36)/t22-,26+/m0/s1. The molecule has 1 aliphatic carbocycles. The maximum atomic E-state index is 13.3. The van der Waals surface area contributed by atoms with E-state index in [-0.39, 0.29) is 24.0 Å². The fourth-order valence-electron chi connectivity index (χ4n) is 7.01. The lowest BCUT2D eigenvalue weighted by molar-refractivity contribution is -0.120.